The Labute approximate surface area is 119 Å². The molecule has 0 aliphatic rings. The number of ether oxygens (including phenoxy) is 2. The second-order valence-corrected chi connectivity index (χ2v) is 6.87. The summed E-state index contributed by atoms with van der Waals surface area (Å²) in [5.74, 6) is -0.578. The average Bonchev–Trinajstić information content (AvgIpc) is 2.44. The predicted molar refractivity (Wildman–Crippen MR) is 76.5 cm³/mol. The number of hydrogen-bond acceptors (Lipinski definition) is 5. The van der Waals surface area contributed by atoms with Gasteiger partial charge >= 0.3 is 5.97 Å². The Morgan fingerprint density at radius 2 is 1.80 bits per heavy atom. The van der Waals surface area contributed by atoms with E-state index in [-0.39, 0.29) is 11.5 Å². The molecule has 0 radical (unpaired) electrons. The van der Waals surface area contributed by atoms with Gasteiger partial charge < -0.3 is 9.47 Å². The lowest BCUT2D eigenvalue weighted by Crippen LogP contribution is -2.24. The highest BCUT2D eigenvalue weighted by Gasteiger charge is 2.21. The standard InChI is InChI=1S/C14H20O5S/c1-11(14(15)19-3)10-20(16,17)9-8-12-4-6-13(18-2)7-5-12/h4-7,11H,8-10H2,1-3H3. The maximum absolute atomic E-state index is 11.9. The molecule has 6 heteroatoms. The van der Waals surface area contributed by atoms with E-state index in [9.17, 15) is 13.2 Å². The molecule has 0 N–H and O–H groups in total. The molecule has 0 saturated carbocycles. The van der Waals surface area contributed by atoms with E-state index in [1.165, 1.54) is 7.11 Å². The molecule has 1 aromatic carbocycles. The molecule has 1 atom stereocenters. The molecule has 112 valence electrons. The molecule has 0 amide bonds. The Bertz CT molecular complexity index is 533. The molecular weight excluding hydrogens is 280 g/mol. The van der Waals surface area contributed by atoms with Crippen LogP contribution in [0.25, 0.3) is 0 Å². The molecule has 0 heterocycles. The highest BCUT2D eigenvalue weighted by molar-refractivity contribution is 7.91. The highest BCUT2D eigenvalue weighted by atomic mass is 32.2. The normalized spacial score (nSPS) is 12.8. The lowest BCUT2D eigenvalue weighted by Gasteiger charge is -2.10. The van der Waals surface area contributed by atoms with Crippen molar-refractivity contribution in [2.24, 2.45) is 5.92 Å². The second kappa shape index (κ2) is 7.28. The van der Waals surface area contributed by atoms with E-state index in [4.69, 9.17) is 4.74 Å². The summed E-state index contributed by atoms with van der Waals surface area (Å²) in [5.41, 5.74) is 0.917. The second-order valence-electron chi connectivity index (χ2n) is 4.64. The number of benzene rings is 1. The fourth-order valence-electron chi connectivity index (χ4n) is 1.80. The molecule has 0 fully saturated rings. The van der Waals surface area contributed by atoms with Crippen molar-refractivity contribution >= 4 is 15.8 Å². The maximum Gasteiger partial charge on any atom is 0.309 e. The molecule has 0 aliphatic heterocycles. The minimum absolute atomic E-state index is 0.0145. The molecule has 1 aromatic rings. The van der Waals surface area contributed by atoms with Crippen LogP contribution in [0.1, 0.15) is 12.5 Å². The number of methoxy groups -OCH3 is 2. The first kappa shape index (κ1) is 16.5. The van der Waals surface area contributed by atoms with Crippen molar-refractivity contribution in [1.29, 1.82) is 0 Å². The average molecular weight is 300 g/mol. The molecule has 1 unspecified atom stereocenters. The van der Waals surface area contributed by atoms with Crippen LogP contribution >= 0.6 is 0 Å². The van der Waals surface area contributed by atoms with Crippen molar-refractivity contribution < 1.29 is 22.7 Å². The molecule has 5 nitrogen and oxygen atoms in total. The van der Waals surface area contributed by atoms with E-state index in [2.05, 4.69) is 4.74 Å². The van der Waals surface area contributed by atoms with Crippen LogP contribution in [0.3, 0.4) is 0 Å². The summed E-state index contributed by atoms with van der Waals surface area (Å²) in [5, 5.41) is 0. The lowest BCUT2D eigenvalue weighted by atomic mass is 10.2. The quantitative estimate of drug-likeness (QED) is 0.713. The van der Waals surface area contributed by atoms with E-state index in [0.717, 1.165) is 11.3 Å². The van der Waals surface area contributed by atoms with E-state index in [1.54, 1.807) is 26.2 Å². The molecule has 0 saturated heterocycles. The number of rotatable bonds is 7. The van der Waals surface area contributed by atoms with Crippen LogP contribution in [-0.2, 0) is 25.8 Å². The number of aryl methyl sites for hydroxylation is 1. The largest absolute Gasteiger partial charge is 0.497 e. The Kier molecular flexibility index (Phi) is 6.01. The van der Waals surface area contributed by atoms with Crippen molar-refractivity contribution in [1.82, 2.24) is 0 Å². The van der Waals surface area contributed by atoms with Crippen LogP contribution in [0, 0.1) is 5.92 Å². The predicted octanol–water partition coefficient (Wildman–Crippen LogP) is 1.46. The van der Waals surface area contributed by atoms with Gasteiger partial charge in [-0.05, 0) is 24.1 Å². The molecule has 0 spiro atoms. The van der Waals surface area contributed by atoms with Gasteiger partial charge in [0.1, 0.15) is 5.75 Å². The van der Waals surface area contributed by atoms with Crippen LogP contribution < -0.4 is 4.74 Å². The molecule has 0 bridgehead atoms. The summed E-state index contributed by atoms with van der Waals surface area (Å²) in [6.45, 7) is 1.55. The van der Waals surface area contributed by atoms with Crippen LogP contribution in [0.2, 0.25) is 0 Å². The zero-order valence-electron chi connectivity index (χ0n) is 12.0. The van der Waals surface area contributed by atoms with Crippen molar-refractivity contribution in [2.45, 2.75) is 13.3 Å². The SMILES string of the molecule is COC(=O)C(C)CS(=O)(=O)CCc1ccc(OC)cc1. The zero-order chi connectivity index (χ0) is 15.2. The fourth-order valence-corrected chi connectivity index (χ4v) is 3.41. The van der Waals surface area contributed by atoms with E-state index >= 15 is 0 Å². The first-order chi connectivity index (χ1) is 9.38. The van der Waals surface area contributed by atoms with Gasteiger partial charge in [0, 0.05) is 0 Å². The van der Waals surface area contributed by atoms with Gasteiger partial charge in [-0.1, -0.05) is 19.1 Å². The van der Waals surface area contributed by atoms with Gasteiger partial charge in [0.05, 0.1) is 31.6 Å². The van der Waals surface area contributed by atoms with Crippen molar-refractivity contribution in [2.75, 3.05) is 25.7 Å². The Balaban J connectivity index is 2.56. The van der Waals surface area contributed by atoms with Gasteiger partial charge in [0.2, 0.25) is 0 Å². The summed E-state index contributed by atoms with van der Waals surface area (Å²) in [7, 11) is -0.452. The molecule has 0 aromatic heterocycles. The first-order valence-corrected chi connectivity index (χ1v) is 8.11. The number of sulfone groups is 1. The minimum atomic E-state index is -3.28. The molecular formula is C14H20O5S. The van der Waals surface area contributed by atoms with Gasteiger partial charge in [-0.15, -0.1) is 0 Å². The first-order valence-electron chi connectivity index (χ1n) is 6.29. The molecule has 1 rings (SSSR count). The highest BCUT2D eigenvalue weighted by Crippen LogP contribution is 2.13. The summed E-state index contributed by atoms with van der Waals surface area (Å²) >= 11 is 0. The van der Waals surface area contributed by atoms with E-state index in [1.807, 2.05) is 12.1 Å². The van der Waals surface area contributed by atoms with Crippen molar-refractivity contribution in [3.63, 3.8) is 0 Å². The van der Waals surface area contributed by atoms with E-state index in [0.29, 0.717) is 6.42 Å². The van der Waals surface area contributed by atoms with Crippen LogP contribution in [0.15, 0.2) is 24.3 Å². The van der Waals surface area contributed by atoms with Gasteiger partial charge in [0.15, 0.2) is 9.84 Å². The Hall–Kier alpha value is -1.56. The van der Waals surface area contributed by atoms with Gasteiger partial charge in [0.25, 0.3) is 0 Å². The monoisotopic (exact) mass is 300 g/mol. The van der Waals surface area contributed by atoms with Gasteiger partial charge in [-0.3, -0.25) is 4.79 Å². The maximum atomic E-state index is 11.9. The topological polar surface area (TPSA) is 69.7 Å². The van der Waals surface area contributed by atoms with E-state index < -0.39 is 21.7 Å². The van der Waals surface area contributed by atoms with Crippen LogP contribution in [0.5, 0.6) is 5.75 Å². The summed E-state index contributed by atoms with van der Waals surface area (Å²) in [6.07, 6.45) is 0.417. The summed E-state index contributed by atoms with van der Waals surface area (Å²) in [6, 6.07) is 7.24. The lowest BCUT2D eigenvalue weighted by molar-refractivity contribution is -0.144. The smallest absolute Gasteiger partial charge is 0.309 e. The zero-order valence-corrected chi connectivity index (χ0v) is 12.8. The molecule has 20 heavy (non-hydrogen) atoms. The summed E-state index contributed by atoms with van der Waals surface area (Å²) in [4.78, 5) is 11.2. The van der Waals surface area contributed by atoms with Crippen LogP contribution in [0.4, 0.5) is 0 Å². The number of hydrogen-bond donors (Lipinski definition) is 0. The third-order valence-corrected chi connectivity index (χ3v) is 4.80. The summed E-state index contributed by atoms with van der Waals surface area (Å²) < 4.78 is 33.4. The van der Waals surface area contributed by atoms with Gasteiger partial charge in [-0.25, -0.2) is 8.42 Å². The molecule has 0 aliphatic carbocycles. The van der Waals surface area contributed by atoms with Gasteiger partial charge in [-0.2, -0.15) is 0 Å². The number of carbonyl (C=O) groups is 1. The van der Waals surface area contributed by atoms with Crippen molar-refractivity contribution in [3.05, 3.63) is 29.8 Å². The number of esters is 1. The minimum Gasteiger partial charge on any atom is -0.497 e. The Morgan fingerprint density at radius 1 is 1.20 bits per heavy atom. The Morgan fingerprint density at radius 3 is 2.30 bits per heavy atom. The third-order valence-electron chi connectivity index (χ3n) is 2.97. The fraction of sp³-hybridized carbons (Fsp3) is 0.500. The third kappa shape index (κ3) is 5.21. The van der Waals surface area contributed by atoms with Crippen molar-refractivity contribution in [3.8, 4) is 5.75 Å². The number of carbonyl (C=O) groups excluding carboxylic acids is 1. The van der Waals surface area contributed by atoms with Crippen LogP contribution in [-0.4, -0.2) is 40.1 Å².